The lowest BCUT2D eigenvalue weighted by atomic mass is 9.67. The van der Waals surface area contributed by atoms with E-state index in [9.17, 15) is 15.8 Å². The maximum absolute atomic E-state index is 11.1. The molecule has 53 heavy (non-hydrogen) atoms. The molecule has 2 heterocycles. The number of hydrogen-bond acceptors (Lipinski definition) is 7. The van der Waals surface area contributed by atoms with Crippen LogP contribution < -0.4 is 0 Å². The van der Waals surface area contributed by atoms with Gasteiger partial charge in [-0.05, 0) is 70.6 Å². The van der Waals surface area contributed by atoms with Crippen LogP contribution >= 0.6 is 0 Å². The minimum Gasteiger partial charge on any atom is -0.455 e. The van der Waals surface area contributed by atoms with Crippen LogP contribution in [0.2, 0.25) is 0 Å². The van der Waals surface area contributed by atoms with Crippen LogP contribution in [0, 0.1) is 40.9 Å². The second kappa shape index (κ2) is 12.4. The number of rotatable bonds is 4. The van der Waals surface area contributed by atoms with Crippen molar-refractivity contribution in [2.24, 2.45) is 0 Å². The minimum atomic E-state index is -0.307. The molecule has 0 spiro atoms. The molecule has 0 saturated heterocycles. The van der Waals surface area contributed by atoms with Crippen molar-refractivity contribution in [3.63, 3.8) is 0 Å². The lowest BCUT2D eigenvalue weighted by molar-refractivity contribution is 0.669. The zero-order valence-corrected chi connectivity index (χ0v) is 28.8. The Kier molecular flexibility index (Phi) is 7.40. The topological polar surface area (TPSA) is 123 Å². The fourth-order valence-corrected chi connectivity index (χ4v) is 8.07. The Bertz CT molecular complexity index is 2920. The van der Waals surface area contributed by atoms with Gasteiger partial charge >= 0.3 is 0 Å². The second-order valence-electron chi connectivity index (χ2n) is 13.3. The first-order valence-electron chi connectivity index (χ1n) is 17.3. The van der Waals surface area contributed by atoms with Gasteiger partial charge in [-0.1, -0.05) is 97.9 Å². The van der Waals surface area contributed by atoms with Crippen molar-refractivity contribution in [3.8, 4) is 52.4 Å². The van der Waals surface area contributed by atoms with Crippen LogP contribution in [0.5, 0.6) is 0 Å². The third-order valence-corrected chi connectivity index (χ3v) is 10.5. The van der Waals surface area contributed by atoms with Crippen LogP contribution in [0.25, 0.3) is 56.1 Å². The predicted molar refractivity (Wildman–Crippen MR) is 204 cm³/mol. The van der Waals surface area contributed by atoms with E-state index in [1.807, 2.05) is 116 Å². The van der Waals surface area contributed by atoms with Gasteiger partial charge in [0.15, 0.2) is 17.5 Å². The molecule has 0 bridgehead atoms. The van der Waals surface area contributed by atoms with Gasteiger partial charge < -0.3 is 4.42 Å². The van der Waals surface area contributed by atoms with E-state index in [0.717, 1.165) is 55.3 Å². The summed E-state index contributed by atoms with van der Waals surface area (Å²) in [5.74, 6) is 0.644. The fraction of sp³-hybridized carbons (Fsp3) is 0.0870. The molecule has 0 aliphatic heterocycles. The van der Waals surface area contributed by atoms with Gasteiger partial charge in [0.1, 0.15) is 17.2 Å². The molecule has 2 atom stereocenters. The molecular weight excluding hydrogens is 653 g/mol. The molecule has 0 amide bonds. The first-order valence-corrected chi connectivity index (χ1v) is 17.3. The van der Waals surface area contributed by atoms with Crippen molar-refractivity contribution >= 4 is 21.9 Å². The molecule has 9 rings (SSSR count). The van der Waals surface area contributed by atoms with Gasteiger partial charge in [0.05, 0.1) is 34.4 Å². The third kappa shape index (κ3) is 4.89. The summed E-state index contributed by atoms with van der Waals surface area (Å²) in [7, 11) is 0. The highest BCUT2D eigenvalue weighted by molar-refractivity contribution is 6.09. The summed E-state index contributed by atoms with van der Waals surface area (Å²) >= 11 is 0. The molecule has 248 valence electrons. The van der Waals surface area contributed by atoms with Crippen molar-refractivity contribution in [1.29, 1.82) is 15.8 Å². The smallest absolute Gasteiger partial charge is 0.167 e. The second-order valence-corrected chi connectivity index (χ2v) is 13.3. The van der Waals surface area contributed by atoms with Crippen LogP contribution in [-0.2, 0) is 0 Å². The lowest BCUT2D eigenvalue weighted by Gasteiger charge is -2.35. The highest BCUT2D eigenvalue weighted by atomic mass is 16.3. The number of nitriles is 3. The zero-order valence-electron chi connectivity index (χ0n) is 28.8. The summed E-state index contributed by atoms with van der Waals surface area (Å²) in [5, 5.41) is 33.3. The summed E-state index contributed by atoms with van der Waals surface area (Å²) in [6, 6.07) is 46.4. The van der Waals surface area contributed by atoms with E-state index >= 15 is 0 Å². The summed E-state index contributed by atoms with van der Waals surface area (Å²) in [4.78, 5) is 15.1. The zero-order chi connectivity index (χ0) is 36.2. The molecule has 7 heteroatoms. The van der Waals surface area contributed by atoms with Gasteiger partial charge in [-0.3, -0.25) is 0 Å². The number of para-hydroxylation sites is 2. The Balaban J connectivity index is 1.32. The molecule has 7 nitrogen and oxygen atoms in total. The standard InChI is InChI=1S/C46H28N6O/c1-26-29(23-47)13-8-16-31(26)42-35-18-9-14-30(24-48)40(35)27(2)41-36(42)22-21-34(38(41)25-49)45-50-44(28-11-4-3-5-12-28)51-46(52-45)37-19-10-17-33-32-15-6-7-20-39(32)53-43(33)37/h3-22,27,42H,1-2H3. The number of aromatic nitrogens is 3. The molecule has 0 N–H and O–H groups in total. The number of furan rings is 1. The SMILES string of the molecule is Cc1c(C#N)cccc1C1c2cccc(C#N)c2C(C)c2c1ccc(-c1nc(-c3ccccc3)nc(-c3cccc4c3oc3ccccc34)n1)c2C#N. The Labute approximate surface area is 305 Å². The van der Waals surface area contributed by atoms with Crippen molar-refractivity contribution in [3.05, 3.63) is 171 Å². The Morgan fingerprint density at radius 3 is 1.96 bits per heavy atom. The molecule has 1 aliphatic carbocycles. The third-order valence-electron chi connectivity index (χ3n) is 10.5. The molecule has 2 unspecified atom stereocenters. The predicted octanol–water partition coefficient (Wildman–Crippen LogP) is 10.3. The molecule has 0 saturated carbocycles. The highest BCUT2D eigenvalue weighted by Crippen LogP contribution is 2.50. The van der Waals surface area contributed by atoms with E-state index in [0.29, 0.717) is 50.9 Å². The maximum Gasteiger partial charge on any atom is 0.167 e. The van der Waals surface area contributed by atoms with Crippen molar-refractivity contribution in [2.45, 2.75) is 25.7 Å². The Morgan fingerprint density at radius 2 is 1.19 bits per heavy atom. The summed E-state index contributed by atoms with van der Waals surface area (Å²) in [6.45, 7) is 4.01. The number of nitrogens with zero attached hydrogens (tertiary/aromatic N) is 6. The van der Waals surface area contributed by atoms with E-state index in [1.54, 1.807) is 0 Å². The maximum atomic E-state index is 11.1. The average molecular weight is 681 g/mol. The minimum absolute atomic E-state index is 0.291. The molecule has 1 aliphatic rings. The van der Waals surface area contributed by atoms with Crippen molar-refractivity contribution < 1.29 is 4.42 Å². The van der Waals surface area contributed by atoms with Crippen LogP contribution in [0.1, 0.15) is 68.8 Å². The van der Waals surface area contributed by atoms with E-state index in [1.165, 1.54) is 0 Å². The fourth-order valence-electron chi connectivity index (χ4n) is 8.07. The first kappa shape index (κ1) is 31.6. The van der Waals surface area contributed by atoms with E-state index in [-0.39, 0.29) is 11.8 Å². The average Bonchev–Trinajstić information content (AvgIpc) is 3.60. The number of fused-ring (bicyclic) bond motifs is 5. The van der Waals surface area contributed by atoms with E-state index in [4.69, 9.17) is 19.4 Å². The monoisotopic (exact) mass is 680 g/mol. The molecular formula is C46H28N6O. The largest absolute Gasteiger partial charge is 0.455 e. The first-order chi connectivity index (χ1) is 26.0. The highest BCUT2D eigenvalue weighted by Gasteiger charge is 2.36. The van der Waals surface area contributed by atoms with Crippen molar-refractivity contribution in [2.75, 3.05) is 0 Å². The van der Waals surface area contributed by atoms with Gasteiger partial charge in [0.2, 0.25) is 0 Å². The van der Waals surface area contributed by atoms with E-state index < -0.39 is 0 Å². The molecule has 8 aromatic rings. The number of hydrogen-bond donors (Lipinski definition) is 0. The number of benzene rings is 6. The van der Waals surface area contributed by atoms with E-state index in [2.05, 4.69) is 37.3 Å². The van der Waals surface area contributed by atoms with Crippen LogP contribution in [0.15, 0.2) is 126 Å². The van der Waals surface area contributed by atoms with Gasteiger partial charge in [-0.15, -0.1) is 0 Å². The van der Waals surface area contributed by atoms with Crippen LogP contribution in [-0.4, -0.2) is 15.0 Å². The summed E-state index contributed by atoms with van der Waals surface area (Å²) in [5.41, 5.74) is 10.6. The summed E-state index contributed by atoms with van der Waals surface area (Å²) in [6.07, 6.45) is 0. The Hall–Kier alpha value is -7.40. The van der Waals surface area contributed by atoms with Gasteiger partial charge in [0.25, 0.3) is 0 Å². The molecule has 2 aromatic heterocycles. The molecule has 6 aromatic carbocycles. The van der Waals surface area contributed by atoms with Crippen molar-refractivity contribution in [1.82, 2.24) is 15.0 Å². The molecule has 0 fully saturated rings. The van der Waals surface area contributed by atoms with Gasteiger partial charge in [0, 0.05) is 33.7 Å². The van der Waals surface area contributed by atoms with Crippen LogP contribution in [0.3, 0.4) is 0 Å². The van der Waals surface area contributed by atoms with Gasteiger partial charge in [-0.25, -0.2) is 15.0 Å². The Morgan fingerprint density at radius 1 is 0.547 bits per heavy atom. The molecule has 0 radical (unpaired) electrons. The summed E-state index contributed by atoms with van der Waals surface area (Å²) < 4.78 is 6.40. The normalized spacial score (nSPS) is 14.5. The van der Waals surface area contributed by atoms with Gasteiger partial charge in [-0.2, -0.15) is 15.8 Å². The van der Waals surface area contributed by atoms with Crippen LogP contribution in [0.4, 0.5) is 0 Å². The quantitative estimate of drug-likeness (QED) is 0.181. The lowest BCUT2D eigenvalue weighted by Crippen LogP contribution is -2.21.